The minimum atomic E-state index is -0.0317. The van der Waals surface area contributed by atoms with Crippen molar-refractivity contribution in [3.05, 3.63) is 54.0 Å². The number of urea groups is 1. The summed E-state index contributed by atoms with van der Waals surface area (Å²) in [5, 5.41) is 2.95. The molecule has 0 aliphatic carbocycles. The number of hydrogen-bond donors (Lipinski definition) is 1. The second-order valence-electron chi connectivity index (χ2n) is 5.59. The average molecular weight is 311 g/mol. The number of pyridine rings is 2. The van der Waals surface area contributed by atoms with Crippen molar-refractivity contribution < 1.29 is 4.79 Å². The molecule has 2 amide bonds. The summed E-state index contributed by atoms with van der Waals surface area (Å²) in [6.07, 6.45) is 3.55. The van der Waals surface area contributed by atoms with Crippen LogP contribution in [0.1, 0.15) is 11.3 Å². The monoisotopic (exact) mass is 311 g/mol. The molecule has 0 spiro atoms. The van der Waals surface area contributed by atoms with E-state index in [-0.39, 0.29) is 6.03 Å². The molecule has 2 aromatic heterocycles. The van der Waals surface area contributed by atoms with E-state index in [1.54, 1.807) is 12.4 Å². The maximum absolute atomic E-state index is 12.3. The van der Waals surface area contributed by atoms with Crippen LogP contribution in [0.3, 0.4) is 0 Å². The molecular formula is C17H21N5O. The first-order valence-electron chi connectivity index (χ1n) is 7.83. The van der Waals surface area contributed by atoms with Crippen LogP contribution in [0.15, 0.2) is 42.7 Å². The SMILES string of the molecule is Cc1cccnc1CNC(=O)N1CCN(c2ccccn2)CC1. The summed E-state index contributed by atoms with van der Waals surface area (Å²) in [7, 11) is 0. The number of nitrogens with zero attached hydrogens (tertiary/aromatic N) is 4. The summed E-state index contributed by atoms with van der Waals surface area (Å²) in [4.78, 5) is 25.0. The number of rotatable bonds is 3. The van der Waals surface area contributed by atoms with Crippen molar-refractivity contribution in [2.75, 3.05) is 31.1 Å². The third-order valence-corrected chi connectivity index (χ3v) is 4.07. The van der Waals surface area contributed by atoms with E-state index in [0.717, 1.165) is 30.2 Å². The van der Waals surface area contributed by atoms with Crippen molar-refractivity contribution in [2.24, 2.45) is 0 Å². The molecule has 2 aromatic rings. The van der Waals surface area contributed by atoms with E-state index in [1.807, 2.05) is 42.2 Å². The van der Waals surface area contributed by atoms with Crippen molar-refractivity contribution in [1.29, 1.82) is 0 Å². The Bertz CT molecular complexity index is 653. The van der Waals surface area contributed by atoms with Crippen LogP contribution in [0.2, 0.25) is 0 Å². The largest absolute Gasteiger partial charge is 0.353 e. The van der Waals surface area contributed by atoms with Crippen LogP contribution >= 0.6 is 0 Å². The van der Waals surface area contributed by atoms with E-state index in [0.29, 0.717) is 19.6 Å². The molecule has 0 bridgehead atoms. The van der Waals surface area contributed by atoms with Gasteiger partial charge in [-0.2, -0.15) is 0 Å². The first-order valence-corrected chi connectivity index (χ1v) is 7.83. The minimum Gasteiger partial charge on any atom is -0.353 e. The Morgan fingerprint density at radius 1 is 1.09 bits per heavy atom. The fourth-order valence-electron chi connectivity index (χ4n) is 2.65. The molecule has 1 aliphatic heterocycles. The molecule has 1 fully saturated rings. The Kier molecular flexibility index (Phi) is 4.71. The number of amides is 2. The van der Waals surface area contributed by atoms with E-state index in [1.165, 1.54) is 0 Å². The first kappa shape index (κ1) is 15.3. The molecule has 3 rings (SSSR count). The number of aryl methyl sites for hydroxylation is 1. The molecule has 120 valence electrons. The lowest BCUT2D eigenvalue weighted by atomic mass is 10.2. The molecule has 23 heavy (non-hydrogen) atoms. The van der Waals surface area contributed by atoms with Gasteiger partial charge in [0, 0.05) is 38.6 Å². The molecule has 1 N–H and O–H groups in total. The van der Waals surface area contributed by atoms with Crippen molar-refractivity contribution in [1.82, 2.24) is 20.2 Å². The molecular weight excluding hydrogens is 290 g/mol. The van der Waals surface area contributed by atoms with Crippen LogP contribution in [0.5, 0.6) is 0 Å². The number of nitrogens with one attached hydrogen (secondary N) is 1. The van der Waals surface area contributed by atoms with Gasteiger partial charge in [0.15, 0.2) is 0 Å². The third-order valence-electron chi connectivity index (χ3n) is 4.07. The number of hydrogen-bond acceptors (Lipinski definition) is 4. The number of piperazine rings is 1. The lowest BCUT2D eigenvalue weighted by Crippen LogP contribution is -2.52. The molecule has 0 radical (unpaired) electrons. The van der Waals surface area contributed by atoms with Gasteiger partial charge >= 0.3 is 6.03 Å². The molecule has 0 aromatic carbocycles. The van der Waals surface area contributed by atoms with Crippen LogP contribution in [-0.2, 0) is 6.54 Å². The number of carbonyl (C=O) groups excluding carboxylic acids is 1. The fourth-order valence-corrected chi connectivity index (χ4v) is 2.65. The van der Waals surface area contributed by atoms with Gasteiger partial charge in [0.05, 0.1) is 12.2 Å². The Morgan fingerprint density at radius 2 is 1.87 bits per heavy atom. The van der Waals surface area contributed by atoms with Crippen molar-refractivity contribution in [3.63, 3.8) is 0 Å². The Labute approximate surface area is 136 Å². The predicted molar refractivity (Wildman–Crippen MR) is 89.2 cm³/mol. The lowest BCUT2D eigenvalue weighted by Gasteiger charge is -2.35. The van der Waals surface area contributed by atoms with Gasteiger partial charge in [-0.3, -0.25) is 4.98 Å². The van der Waals surface area contributed by atoms with Crippen LogP contribution in [0.25, 0.3) is 0 Å². The smallest absolute Gasteiger partial charge is 0.317 e. The van der Waals surface area contributed by atoms with Gasteiger partial charge in [0.1, 0.15) is 5.82 Å². The molecule has 0 unspecified atom stereocenters. The van der Waals surface area contributed by atoms with E-state index in [2.05, 4.69) is 20.2 Å². The second-order valence-corrected chi connectivity index (χ2v) is 5.59. The molecule has 6 heteroatoms. The zero-order valence-corrected chi connectivity index (χ0v) is 13.3. The van der Waals surface area contributed by atoms with Gasteiger partial charge in [-0.15, -0.1) is 0 Å². The van der Waals surface area contributed by atoms with Gasteiger partial charge < -0.3 is 15.1 Å². The molecule has 6 nitrogen and oxygen atoms in total. The Morgan fingerprint density at radius 3 is 2.57 bits per heavy atom. The highest BCUT2D eigenvalue weighted by molar-refractivity contribution is 5.74. The van der Waals surface area contributed by atoms with Gasteiger partial charge in [0.25, 0.3) is 0 Å². The maximum atomic E-state index is 12.3. The molecule has 1 aliphatic rings. The fraction of sp³-hybridized carbons (Fsp3) is 0.353. The van der Waals surface area contributed by atoms with Crippen molar-refractivity contribution >= 4 is 11.8 Å². The quantitative estimate of drug-likeness (QED) is 0.939. The lowest BCUT2D eigenvalue weighted by molar-refractivity contribution is 0.193. The Balaban J connectivity index is 1.50. The van der Waals surface area contributed by atoms with Gasteiger partial charge in [-0.1, -0.05) is 12.1 Å². The number of carbonyl (C=O) groups is 1. The summed E-state index contributed by atoms with van der Waals surface area (Å²) >= 11 is 0. The van der Waals surface area contributed by atoms with E-state index in [9.17, 15) is 4.79 Å². The highest BCUT2D eigenvalue weighted by atomic mass is 16.2. The molecule has 0 atom stereocenters. The highest BCUT2D eigenvalue weighted by Gasteiger charge is 2.21. The molecule has 1 saturated heterocycles. The predicted octanol–water partition coefficient (Wildman–Crippen LogP) is 1.82. The second kappa shape index (κ2) is 7.09. The third kappa shape index (κ3) is 3.77. The highest BCUT2D eigenvalue weighted by Crippen LogP contribution is 2.12. The average Bonchev–Trinajstić information content (AvgIpc) is 2.62. The minimum absolute atomic E-state index is 0.0317. The van der Waals surface area contributed by atoms with Gasteiger partial charge in [-0.25, -0.2) is 9.78 Å². The summed E-state index contributed by atoms with van der Waals surface area (Å²) < 4.78 is 0. The number of aromatic nitrogens is 2. The zero-order chi connectivity index (χ0) is 16.1. The van der Waals surface area contributed by atoms with Crippen LogP contribution in [0, 0.1) is 6.92 Å². The maximum Gasteiger partial charge on any atom is 0.317 e. The van der Waals surface area contributed by atoms with E-state index < -0.39 is 0 Å². The van der Waals surface area contributed by atoms with Gasteiger partial charge in [-0.05, 0) is 30.7 Å². The van der Waals surface area contributed by atoms with Gasteiger partial charge in [0.2, 0.25) is 0 Å². The van der Waals surface area contributed by atoms with Crippen molar-refractivity contribution in [2.45, 2.75) is 13.5 Å². The molecule has 3 heterocycles. The summed E-state index contributed by atoms with van der Waals surface area (Å²) in [6, 6.07) is 9.76. The van der Waals surface area contributed by atoms with E-state index >= 15 is 0 Å². The van der Waals surface area contributed by atoms with Crippen molar-refractivity contribution in [3.8, 4) is 0 Å². The van der Waals surface area contributed by atoms with Crippen LogP contribution < -0.4 is 10.2 Å². The topological polar surface area (TPSA) is 61.4 Å². The first-order chi connectivity index (χ1) is 11.2. The normalized spacial score (nSPS) is 14.7. The van der Waals surface area contributed by atoms with Crippen LogP contribution in [-0.4, -0.2) is 47.1 Å². The summed E-state index contributed by atoms with van der Waals surface area (Å²) in [5.41, 5.74) is 2.00. The summed E-state index contributed by atoms with van der Waals surface area (Å²) in [6.45, 7) is 5.46. The van der Waals surface area contributed by atoms with Crippen LogP contribution in [0.4, 0.5) is 10.6 Å². The number of anilines is 1. The zero-order valence-electron chi connectivity index (χ0n) is 13.3. The summed E-state index contributed by atoms with van der Waals surface area (Å²) in [5.74, 6) is 0.969. The Hall–Kier alpha value is -2.63. The standard InChI is InChI=1S/C17H21N5O/c1-14-5-4-8-18-15(14)13-20-17(23)22-11-9-21(10-12-22)16-6-2-3-7-19-16/h2-8H,9-13H2,1H3,(H,20,23). The molecule has 0 saturated carbocycles. The van der Waals surface area contributed by atoms with E-state index in [4.69, 9.17) is 0 Å².